The van der Waals surface area contributed by atoms with Crippen LogP contribution in [0.2, 0.25) is 0 Å². The van der Waals surface area contributed by atoms with Gasteiger partial charge in [0.25, 0.3) is 5.91 Å². The molecule has 1 N–H and O–H groups in total. The number of hydrazone groups is 1. The van der Waals surface area contributed by atoms with Crippen molar-refractivity contribution in [2.24, 2.45) is 5.10 Å². The zero-order chi connectivity index (χ0) is 24.6. The Hall–Kier alpha value is -3.42. The molecule has 0 unspecified atom stereocenters. The first-order valence-electron chi connectivity index (χ1n) is 11.6. The Bertz CT molecular complexity index is 899. The number of benzene rings is 2. The van der Waals surface area contributed by atoms with Crippen LogP contribution in [-0.2, 0) is 4.79 Å². The molecule has 0 aliphatic heterocycles. The van der Waals surface area contributed by atoms with Crippen LogP contribution in [0.5, 0.6) is 28.7 Å². The number of hydrogen-bond donors (Lipinski definition) is 1. The molecular weight excluding hydrogens is 436 g/mol. The quantitative estimate of drug-likeness (QED) is 0.211. The van der Waals surface area contributed by atoms with Crippen molar-refractivity contribution < 1.29 is 28.5 Å². The molecule has 0 aromatic heterocycles. The van der Waals surface area contributed by atoms with Crippen LogP contribution >= 0.6 is 0 Å². The van der Waals surface area contributed by atoms with Gasteiger partial charge in [-0.15, -0.1) is 0 Å². The second-order valence-electron chi connectivity index (χ2n) is 7.59. The van der Waals surface area contributed by atoms with Crippen LogP contribution in [0, 0.1) is 0 Å². The van der Waals surface area contributed by atoms with Crippen LogP contribution < -0.4 is 29.1 Å². The molecule has 0 spiro atoms. The highest BCUT2D eigenvalue weighted by Crippen LogP contribution is 2.38. The lowest BCUT2D eigenvalue weighted by molar-refractivity contribution is -0.123. The molecule has 2 rings (SSSR count). The summed E-state index contributed by atoms with van der Waals surface area (Å²) in [5, 5.41) is 3.97. The molecule has 0 aliphatic carbocycles. The van der Waals surface area contributed by atoms with Gasteiger partial charge in [0.05, 0.1) is 34.2 Å². The van der Waals surface area contributed by atoms with E-state index < -0.39 is 0 Å². The van der Waals surface area contributed by atoms with Crippen LogP contribution in [0.4, 0.5) is 0 Å². The van der Waals surface area contributed by atoms with Crippen LogP contribution in [-0.4, -0.2) is 46.7 Å². The number of carbonyl (C=O) groups is 1. The van der Waals surface area contributed by atoms with Gasteiger partial charge in [-0.25, -0.2) is 5.43 Å². The second-order valence-corrected chi connectivity index (χ2v) is 7.59. The first kappa shape index (κ1) is 26.8. The third kappa shape index (κ3) is 8.84. The monoisotopic (exact) mass is 472 g/mol. The molecule has 8 nitrogen and oxygen atoms in total. The number of nitrogens with one attached hydrogen (secondary N) is 1. The van der Waals surface area contributed by atoms with Gasteiger partial charge in [0.15, 0.2) is 18.1 Å². The molecule has 2 aromatic carbocycles. The van der Waals surface area contributed by atoms with Gasteiger partial charge in [-0.1, -0.05) is 39.0 Å². The lowest BCUT2D eigenvalue weighted by atomic mass is 10.1. The van der Waals surface area contributed by atoms with E-state index in [1.54, 1.807) is 31.4 Å². The summed E-state index contributed by atoms with van der Waals surface area (Å²) in [6, 6.07) is 10.7. The van der Waals surface area contributed by atoms with Crippen LogP contribution in [0.3, 0.4) is 0 Å². The number of carbonyl (C=O) groups excluding carboxylic acids is 1. The number of hydrogen-bond acceptors (Lipinski definition) is 7. The average Bonchev–Trinajstić information content (AvgIpc) is 2.87. The Morgan fingerprint density at radius 2 is 1.47 bits per heavy atom. The van der Waals surface area contributed by atoms with E-state index >= 15 is 0 Å². The van der Waals surface area contributed by atoms with Crippen molar-refractivity contribution >= 4 is 12.1 Å². The lowest BCUT2D eigenvalue weighted by Crippen LogP contribution is -2.24. The highest BCUT2D eigenvalue weighted by atomic mass is 16.5. The second kappa shape index (κ2) is 15.4. The summed E-state index contributed by atoms with van der Waals surface area (Å²) < 4.78 is 27.3. The van der Waals surface area contributed by atoms with Crippen molar-refractivity contribution in [1.82, 2.24) is 5.43 Å². The molecule has 0 bridgehead atoms. The molecule has 0 heterocycles. The largest absolute Gasteiger partial charge is 0.494 e. The topological polar surface area (TPSA) is 87.6 Å². The molecular formula is C26H36N2O6. The predicted octanol–water partition coefficient (Wildman–Crippen LogP) is 4.98. The van der Waals surface area contributed by atoms with Crippen LogP contribution in [0.1, 0.15) is 51.0 Å². The van der Waals surface area contributed by atoms with Gasteiger partial charge in [0.1, 0.15) is 11.5 Å². The molecule has 0 aliphatic rings. The minimum absolute atomic E-state index is 0.168. The van der Waals surface area contributed by atoms with E-state index in [1.807, 2.05) is 12.1 Å². The van der Waals surface area contributed by atoms with Crippen molar-refractivity contribution in [3.05, 3.63) is 42.0 Å². The van der Waals surface area contributed by atoms with E-state index in [-0.39, 0.29) is 12.5 Å². The number of amides is 1. The van der Waals surface area contributed by atoms with Gasteiger partial charge in [-0.2, -0.15) is 5.10 Å². The van der Waals surface area contributed by atoms with E-state index in [1.165, 1.54) is 52.5 Å². The van der Waals surface area contributed by atoms with E-state index in [2.05, 4.69) is 17.5 Å². The Morgan fingerprint density at radius 1 is 0.824 bits per heavy atom. The van der Waals surface area contributed by atoms with Crippen molar-refractivity contribution in [1.29, 1.82) is 0 Å². The van der Waals surface area contributed by atoms with Gasteiger partial charge in [0.2, 0.25) is 5.75 Å². The van der Waals surface area contributed by atoms with E-state index in [0.717, 1.165) is 12.2 Å². The van der Waals surface area contributed by atoms with E-state index in [9.17, 15) is 4.79 Å². The molecule has 0 fully saturated rings. The highest BCUT2D eigenvalue weighted by molar-refractivity contribution is 5.87. The predicted molar refractivity (Wildman–Crippen MR) is 133 cm³/mol. The van der Waals surface area contributed by atoms with E-state index in [0.29, 0.717) is 35.2 Å². The number of methoxy groups -OCH3 is 3. The summed E-state index contributed by atoms with van der Waals surface area (Å²) in [4.78, 5) is 12.1. The smallest absolute Gasteiger partial charge is 0.277 e. The third-order valence-corrected chi connectivity index (χ3v) is 5.09. The molecule has 0 radical (unpaired) electrons. The molecule has 0 atom stereocenters. The maximum absolute atomic E-state index is 12.1. The first-order chi connectivity index (χ1) is 16.6. The normalized spacial score (nSPS) is 10.7. The summed E-state index contributed by atoms with van der Waals surface area (Å²) in [5.41, 5.74) is 3.06. The van der Waals surface area contributed by atoms with Crippen molar-refractivity contribution in [2.75, 3.05) is 34.5 Å². The van der Waals surface area contributed by atoms with Crippen molar-refractivity contribution in [3.8, 4) is 28.7 Å². The molecule has 34 heavy (non-hydrogen) atoms. The minimum atomic E-state index is -0.390. The fourth-order valence-corrected chi connectivity index (χ4v) is 3.29. The zero-order valence-electron chi connectivity index (χ0n) is 20.6. The SMILES string of the molecule is CCCCCCCCOc1ccc(OCC(=O)N/N=C/c2ccc(OC)c(OC)c2OC)cc1. The van der Waals surface area contributed by atoms with Gasteiger partial charge in [-0.05, 0) is 42.8 Å². The molecule has 8 heteroatoms. The number of unbranched alkanes of at least 4 members (excludes halogenated alkanes) is 5. The fraction of sp³-hybridized carbons (Fsp3) is 0.462. The number of nitrogens with zero attached hydrogens (tertiary/aromatic N) is 1. The Kier molecular flexibility index (Phi) is 12.2. The summed E-state index contributed by atoms with van der Waals surface area (Å²) in [6.45, 7) is 2.76. The zero-order valence-corrected chi connectivity index (χ0v) is 20.6. The summed E-state index contributed by atoms with van der Waals surface area (Å²) >= 11 is 0. The molecule has 0 saturated carbocycles. The fourth-order valence-electron chi connectivity index (χ4n) is 3.29. The van der Waals surface area contributed by atoms with Gasteiger partial charge >= 0.3 is 0 Å². The standard InChI is InChI=1S/C26H36N2O6/c1-5-6-7-8-9-10-17-33-21-12-14-22(15-13-21)34-19-24(29)28-27-18-20-11-16-23(30-2)26(32-4)25(20)31-3/h11-16,18H,5-10,17,19H2,1-4H3,(H,28,29)/b27-18+. The maximum atomic E-state index is 12.1. The number of rotatable bonds is 16. The first-order valence-corrected chi connectivity index (χ1v) is 11.6. The highest BCUT2D eigenvalue weighted by Gasteiger charge is 2.14. The molecule has 186 valence electrons. The summed E-state index contributed by atoms with van der Waals surface area (Å²) in [5.74, 6) is 2.41. The maximum Gasteiger partial charge on any atom is 0.277 e. The Balaban J connectivity index is 1.74. The van der Waals surface area contributed by atoms with Gasteiger partial charge in [0, 0.05) is 5.56 Å². The molecule has 2 aromatic rings. The van der Waals surface area contributed by atoms with Crippen molar-refractivity contribution in [3.63, 3.8) is 0 Å². The average molecular weight is 473 g/mol. The van der Waals surface area contributed by atoms with Crippen molar-refractivity contribution in [2.45, 2.75) is 45.4 Å². The minimum Gasteiger partial charge on any atom is -0.494 e. The van der Waals surface area contributed by atoms with Crippen LogP contribution in [0.25, 0.3) is 0 Å². The van der Waals surface area contributed by atoms with Crippen LogP contribution in [0.15, 0.2) is 41.5 Å². The molecule has 1 amide bonds. The third-order valence-electron chi connectivity index (χ3n) is 5.09. The van der Waals surface area contributed by atoms with Gasteiger partial charge in [-0.3, -0.25) is 4.79 Å². The van der Waals surface area contributed by atoms with E-state index in [4.69, 9.17) is 23.7 Å². The lowest BCUT2D eigenvalue weighted by Gasteiger charge is -2.13. The Morgan fingerprint density at radius 3 is 2.12 bits per heavy atom. The summed E-state index contributed by atoms with van der Waals surface area (Å²) in [7, 11) is 4.59. The summed E-state index contributed by atoms with van der Waals surface area (Å²) in [6.07, 6.45) is 8.83. The van der Waals surface area contributed by atoms with Gasteiger partial charge < -0.3 is 23.7 Å². The number of ether oxygens (including phenoxy) is 5. The molecule has 0 saturated heterocycles. The Labute approximate surface area is 202 Å².